The Hall–Kier alpha value is -2.77. The lowest BCUT2D eigenvalue weighted by molar-refractivity contribution is -0.201. The second-order valence-electron chi connectivity index (χ2n) is 13.2. The molecule has 8 rings (SSSR count). The van der Waals surface area contributed by atoms with E-state index in [9.17, 15) is 27.9 Å². The van der Waals surface area contributed by atoms with Crippen molar-refractivity contribution in [2.75, 3.05) is 6.26 Å². The summed E-state index contributed by atoms with van der Waals surface area (Å²) in [5.41, 5.74) is 0.0502. The average Bonchev–Trinajstić information content (AvgIpc) is 3.52. The van der Waals surface area contributed by atoms with Crippen LogP contribution in [0.3, 0.4) is 0 Å². The van der Waals surface area contributed by atoms with Gasteiger partial charge in [0.25, 0.3) is 0 Å². The van der Waals surface area contributed by atoms with Crippen molar-refractivity contribution in [3.63, 3.8) is 0 Å². The number of imidazole rings is 1. The molecule has 1 amide bonds. The van der Waals surface area contributed by atoms with E-state index in [4.69, 9.17) is 9.47 Å². The topological polar surface area (TPSA) is 145 Å². The number of aliphatic hydroxyl groups is 1. The maximum absolute atomic E-state index is 13.8. The summed E-state index contributed by atoms with van der Waals surface area (Å²) < 4.78 is 37.6. The molecule has 4 aliphatic carbocycles. The number of fused-ring (bicyclic) bond motifs is 2. The standard InChI is InChI=1S/C29H35N3O8S2/c1-13-20(19-11-31-12-30-24(26(31)41-19)42(4,37)38)23(32-22(13)21(14(2)33)25(32)34)27(35)39-15(3)40-28(36)29-8-16-5-17(9-29)7-18(6-16)10-29/h11-18,21-22,33H,5-10H2,1-4H3/t13-,14+,15?,16?,17?,18?,21+,22+,29?/m0/s1. The fourth-order valence-corrected chi connectivity index (χ4v) is 11.3. The number of rotatable bonds is 7. The van der Waals surface area contributed by atoms with Crippen molar-refractivity contribution in [1.82, 2.24) is 14.3 Å². The zero-order valence-corrected chi connectivity index (χ0v) is 25.6. The second kappa shape index (κ2) is 9.36. The van der Waals surface area contributed by atoms with Crippen LogP contribution >= 0.6 is 11.3 Å². The summed E-state index contributed by atoms with van der Waals surface area (Å²) >= 11 is 1.15. The van der Waals surface area contributed by atoms with E-state index in [0.717, 1.165) is 36.9 Å². The lowest BCUT2D eigenvalue weighted by atomic mass is 9.49. The highest BCUT2D eigenvalue weighted by Gasteiger charge is 2.61. The first-order valence-electron chi connectivity index (χ1n) is 14.6. The van der Waals surface area contributed by atoms with E-state index in [1.807, 2.05) is 6.92 Å². The van der Waals surface area contributed by atoms with Crippen LogP contribution in [0.1, 0.15) is 64.2 Å². The number of sulfone groups is 1. The van der Waals surface area contributed by atoms with Crippen molar-refractivity contribution in [2.45, 2.75) is 82.8 Å². The number of aromatic nitrogens is 2. The summed E-state index contributed by atoms with van der Waals surface area (Å²) in [5.74, 6) is -0.870. The molecular formula is C29H35N3O8S2. The van der Waals surface area contributed by atoms with E-state index in [0.29, 0.717) is 33.0 Å². The van der Waals surface area contributed by atoms with Crippen LogP contribution in [0, 0.1) is 35.0 Å². The normalized spacial score (nSPS) is 34.9. The van der Waals surface area contributed by atoms with Crippen LogP contribution in [0.2, 0.25) is 0 Å². The van der Waals surface area contributed by atoms with Crippen LogP contribution in [-0.4, -0.2) is 70.3 Å². The smallest absolute Gasteiger partial charge is 0.358 e. The lowest BCUT2D eigenvalue weighted by Gasteiger charge is -2.55. The van der Waals surface area contributed by atoms with Gasteiger partial charge in [0.2, 0.25) is 12.2 Å². The molecule has 0 spiro atoms. The largest absolute Gasteiger partial charge is 0.425 e. The zero-order chi connectivity index (χ0) is 29.9. The monoisotopic (exact) mass is 617 g/mol. The molecule has 2 aliphatic heterocycles. The van der Waals surface area contributed by atoms with Crippen LogP contribution in [0.5, 0.6) is 0 Å². The van der Waals surface area contributed by atoms with E-state index in [2.05, 4.69) is 4.98 Å². The molecule has 0 aromatic carbocycles. The van der Waals surface area contributed by atoms with Crippen molar-refractivity contribution in [3.8, 4) is 0 Å². The number of amides is 1. The summed E-state index contributed by atoms with van der Waals surface area (Å²) in [6.45, 7) is 4.94. The highest BCUT2D eigenvalue weighted by molar-refractivity contribution is 7.91. The van der Waals surface area contributed by atoms with Crippen LogP contribution < -0.4 is 0 Å². The number of thiazole rings is 1. The van der Waals surface area contributed by atoms with Crippen molar-refractivity contribution in [1.29, 1.82) is 0 Å². The van der Waals surface area contributed by atoms with Gasteiger partial charge in [-0.1, -0.05) is 6.92 Å². The summed E-state index contributed by atoms with van der Waals surface area (Å²) in [7, 11) is -3.60. The highest BCUT2D eigenvalue weighted by atomic mass is 32.2. The molecule has 4 bridgehead atoms. The van der Waals surface area contributed by atoms with E-state index in [1.54, 1.807) is 17.5 Å². The van der Waals surface area contributed by atoms with Gasteiger partial charge in [-0.15, -0.1) is 11.3 Å². The van der Waals surface area contributed by atoms with E-state index in [1.165, 1.54) is 37.4 Å². The Kier molecular flexibility index (Phi) is 6.25. The predicted octanol–water partition coefficient (Wildman–Crippen LogP) is 3.02. The molecule has 5 atom stereocenters. The van der Waals surface area contributed by atoms with Gasteiger partial charge in [0, 0.05) is 30.9 Å². The molecule has 226 valence electrons. The minimum absolute atomic E-state index is 0.0328. The molecule has 42 heavy (non-hydrogen) atoms. The number of carbonyl (C=O) groups is 3. The van der Waals surface area contributed by atoms with Crippen LogP contribution in [0.4, 0.5) is 0 Å². The number of carbonyl (C=O) groups excluding carboxylic acids is 3. The lowest BCUT2D eigenvalue weighted by Crippen LogP contribution is -2.63. The Morgan fingerprint density at radius 2 is 1.74 bits per heavy atom. The van der Waals surface area contributed by atoms with Crippen LogP contribution in [0.25, 0.3) is 10.4 Å². The van der Waals surface area contributed by atoms with Crippen molar-refractivity contribution < 1.29 is 37.4 Å². The summed E-state index contributed by atoms with van der Waals surface area (Å²) in [6.07, 6.45) is 8.12. The minimum Gasteiger partial charge on any atom is -0.425 e. The van der Waals surface area contributed by atoms with Crippen LogP contribution in [0.15, 0.2) is 23.2 Å². The molecule has 0 radical (unpaired) electrons. The van der Waals surface area contributed by atoms with Gasteiger partial charge in [-0.2, -0.15) is 0 Å². The van der Waals surface area contributed by atoms with Crippen molar-refractivity contribution in [3.05, 3.63) is 23.1 Å². The molecule has 13 heteroatoms. The molecular weight excluding hydrogens is 582 g/mol. The van der Waals surface area contributed by atoms with Crippen molar-refractivity contribution >= 4 is 49.4 Å². The van der Waals surface area contributed by atoms with E-state index >= 15 is 0 Å². The van der Waals surface area contributed by atoms with Crippen molar-refractivity contribution in [2.24, 2.45) is 35.0 Å². The number of hydrogen-bond donors (Lipinski definition) is 1. The van der Waals surface area contributed by atoms with Gasteiger partial charge in [-0.05, 0) is 63.2 Å². The molecule has 11 nitrogen and oxygen atoms in total. The van der Waals surface area contributed by atoms with E-state index < -0.39 is 45.6 Å². The summed E-state index contributed by atoms with van der Waals surface area (Å²) in [5, 5.41) is 10.3. The van der Waals surface area contributed by atoms with Gasteiger partial charge >= 0.3 is 11.9 Å². The summed E-state index contributed by atoms with van der Waals surface area (Å²) in [4.78, 5) is 46.8. The van der Waals surface area contributed by atoms with Gasteiger partial charge in [0.1, 0.15) is 16.9 Å². The molecule has 4 heterocycles. The van der Waals surface area contributed by atoms with Gasteiger partial charge in [0.05, 0.1) is 28.4 Å². The van der Waals surface area contributed by atoms with Crippen LogP contribution in [-0.2, 0) is 33.7 Å². The average molecular weight is 618 g/mol. The van der Waals surface area contributed by atoms with E-state index in [-0.39, 0.29) is 28.5 Å². The van der Waals surface area contributed by atoms with Gasteiger partial charge in [0.15, 0.2) is 14.9 Å². The number of ether oxygens (including phenoxy) is 2. The quantitative estimate of drug-likeness (QED) is 0.282. The molecule has 1 N–H and O–H groups in total. The third kappa shape index (κ3) is 4.10. The SMILES string of the molecule is CC(OC(=O)C1=C(c2cn3cnc(S(C)(=O)=O)c3s2)[C@H](C)[C@@H]2[C@@H]([C@@H](C)O)C(=O)N12)OC(=O)C12CC3CC(CC(C3)C1)C2. The Morgan fingerprint density at radius 1 is 1.12 bits per heavy atom. The van der Waals surface area contributed by atoms with Gasteiger partial charge < -0.3 is 19.5 Å². The summed E-state index contributed by atoms with van der Waals surface area (Å²) in [6, 6.07) is -0.464. The molecule has 5 fully saturated rings. The second-order valence-corrected chi connectivity index (χ2v) is 16.2. The predicted molar refractivity (Wildman–Crippen MR) is 150 cm³/mol. The molecule has 4 saturated carbocycles. The molecule has 6 aliphatic rings. The minimum atomic E-state index is -3.60. The number of β-lactam (4-membered cyclic amide) rings is 1. The Morgan fingerprint density at radius 3 is 2.31 bits per heavy atom. The molecule has 2 aromatic heterocycles. The molecule has 2 aromatic rings. The first-order chi connectivity index (χ1) is 19.8. The van der Waals surface area contributed by atoms with Gasteiger partial charge in [-0.25, -0.2) is 18.2 Å². The third-order valence-electron chi connectivity index (χ3n) is 10.2. The zero-order valence-electron chi connectivity index (χ0n) is 24.0. The first-order valence-corrected chi connectivity index (χ1v) is 17.3. The number of nitrogens with zero attached hydrogens (tertiary/aromatic N) is 3. The number of esters is 2. The Bertz CT molecular complexity index is 1620. The fraction of sp³-hybridized carbons (Fsp3) is 0.655. The number of hydrogen-bond acceptors (Lipinski definition) is 10. The maximum atomic E-state index is 13.8. The first kappa shape index (κ1) is 28.0. The Labute approximate surface area is 247 Å². The molecule has 1 saturated heterocycles. The fourth-order valence-electron chi connectivity index (χ4n) is 8.91. The molecule has 1 unspecified atom stereocenters. The maximum Gasteiger partial charge on any atom is 0.358 e. The Balaban J connectivity index is 1.18. The number of aliphatic hydroxyl groups excluding tert-OH is 1. The third-order valence-corrected chi connectivity index (χ3v) is 12.5. The van der Waals surface area contributed by atoms with Gasteiger partial charge in [-0.3, -0.25) is 14.0 Å². The highest BCUT2D eigenvalue weighted by Crippen LogP contribution is 2.60.